The molecular weight excluding hydrogens is 159 g/mol. The van der Waals surface area contributed by atoms with Crippen LogP contribution in [0, 0.1) is 5.82 Å². The van der Waals surface area contributed by atoms with Crippen LogP contribution in [-0.4, -0.2) is 13.4 Å². The number of hydrogen-bond acceptors (Lipinski definition) is 2. The van der Waals surface area contributed by atoms with Crippen LogP contribution in [0.5, 0.6) is 0 Å². The Labute approximate surface area is 70.0 Å². The molecule has 0 N–H and O–H groups in total. The molecule has 2 nitrogen and oxygen atoms in total. The quantitative estimate of drug-likeness (QED) is 0.643. The number of carbonyl (C=O) groups is 1. The summed E-state index contributed by atoms with van der Waals surface area (Å²) in [5.74, 6) is -0.411. The molecule has 0 unspecified atom stereocenters. The number of benzene rings is 1. The molecule has 0 amide bonds. The fourth-order valence-corrected chi connectivity index (χ4v) is 0.993. The Morgan fingerprint density at radius 3 is 2.83 bits per heavy atom. The first-order chi connectivity index (χ1) is 5.76. The topological polar surface area (TPSA) is 26.3 Å². The van der Waals surface area contributed by atoms with Gasteiger partial charge in [-0.15, -0.1) is 0 Å². The van der Waals surface area contributed by atoms with Gasteiger partial charge in [-0.05, 0) is 23.8 Å². The molecule has 64 valence electrons. The zero-order valence-electron chi connectivity index (χ0n) is 6.71. The second-order valence-electron chi connectivity index (χ2n) is 2.44. The molecule has 0 radical (unpaired) electrons. The lowest BCUT2D eigenvalue weighted by Crippen LogP contribution is -1.91. The van der Waals surface area contributed by atoms with Crippen LogP contribution < -0.4 is 0 Å². The van der Waals surface area contributed by atoms with Crippen LogP contribution in [0.15, 0.2) is 18.2 Å². The molecule has 0 saturated heterocycles. The van der Waals surface area contributed by atoms with E-state index in [1.807, 2.05) is 0 Å². The normalized spacial score (nSPS) is 9.83. The monoisotopic (exact) mass is 168 g/mol. The minimum atomic E-state index is -0.411. The molecule has 12 heavy (non-hydrogen) atoms. The van der Waals surface area contributed by atoms with E-state index < -0.39 is 5.82 Å². The van der Waals surface area contributed by atoms with Crippen LogP contribution in [0.1, 0.15) is 15.9 Å². The van der Waals surface area contributed by atoms with Gasteiger partial charge in [0.2, 0.25) is 0 Å². The van der Waals surface area contributed by atoms with Crippen LogP contribution in [0.2, 0.25) is 0 Å². The molecule has 0 aromatic heterocycles. The smallest absolute Gasteiger partial charge is 0.150 e. The van der Waals surface area contributed by atoms with Crippen molar-refractivity contribution in [2.45, 2.75) is 6.61 Å². The molecule has 0 spiro atoms. The molecule has 1 aromatic rings. The Morgan fingerprint density at radius 2 is 2.25 bits per heavy atom. The highest BCUT2D eigenvalue weighted by Crippen LogP contribution is 2.08. The number of carbonyl (C=O) groups excluding carboxylic acids is 1. The van der Waals surface area contributed by atoms with E-state index in [2.05, 4.69) is 0 Å². The minimum Gasteiger partial charge on any atom is -0.380 e. The molecular formula is C9H9FO2. The van der Waals surface area contributed by atoms with Gasteiger partial charge < -0.3 is 4.74 Å². The van der Waals surface area contributed by atoms with Gasteiger partial charge in [-0.25, -0.2) is 4.39 Å². The number of hydrogen-bond donors (Lipinski definition) is 0. The number of halogens is 1. The summed E-state index contributed by atoms with van der Waals surface area (Å²) >= 11 is 0. The van der Waals surface area contributed by atoms with Gasteiger partial charge >= 0.3 is 0 Å². The van der Waals surface area contributed by atoms with E-state index in [1.165, 1.54) is 19.2 Å². The highest BCUT2D eigenvalue weighted by Gasteiger charge is 1.98. The van der Waals surface area contributed by atoms with Crippen LogP contribution in [-0.2, 0) is 11.3 Å². The molecule has 0 bridgehead atoms. The average molecular weight is 168 g/mol. The highest BCUT2D eigenvalue weighted by atomic mass is 19.1. The summed E-state index contributed by atoms with van der Waals surface area (Å²) in [4.78, 5) is 10.3. The third-order valence-electron chi connectivity index (χ3n) is 1.43. The molecule has 0 aliphatic rings. The van der Waals surface area contributed by atoms with Crippen molar-refractivity contribution in [1.82, 2.24) is 0 Å². The maximum Gasteiger partial charge on any atom is 0.150 e. The molecule has 1 rings (SSSR count). The first-order valence-corrected chi connectivity index (χ1v) is 3.50. The van der Waals surface area contributed by atoms with E-state index in [1.54, 1.807) is 6.07 Å². The van der Waals surface area contributed by atoms with E-state index in [9.17, 15) is 9.18 Å². The summed E-state index contributed by atoms with van der Waals surface area (Å²) in [5.41, 5.74) is 1.00. The predicted octanol–water partition coefficient (Wildman–Crippen LogP) is 1.78. The van der Waals surface area contributed by atoms with Gasteiger partial charge in [0.15, 0.2) is 0 Å². The summed E-state index contributed by atoms with van der Waals surface area (Å²) < 4.78 is 17.5. The van der Waals surface area contributed by atoms with Gasteiger partial charge in [0.25, 0.3) is 0 Å². The predicted molar refractivity (Wildman–Crippen MR) is 42.5 cm³/mol. The van der Waals surface area contributed by atoms with Crippen molar-refractivity contribution in [2.24, 2.45) is 0 Å². The van der Waals surface area contributed by atoms with Crippen molar-refractivity contribution in [3.63, 3.8) is 0 Å². The molecule has 0 heterocycles. The van der Waals surface area contributed by atoms with Crippen molar-refractivity contribution in [2.75, 3.05) is 7.11 Å². The van der Waals surface area contributed by atoms with E-state index in [4.69, 9.17) is 4.74 Å². The largest absolute Gasteiger partial charge is 0.380 e. The van der Waals surface area contributed by atoms with Gasteiger partial charge in [-0.3, -0.25) is 4.79 Å². The van der Waals surface area contributed by atoms with Gasteiger partial charge in [0, 0.05) is 12.7 Å². The lowest BCUT2D eigenvalue weighted by atomic mass is 10.1. The van der Waals surface area contributed by atoms with Crippen LogP contribution in [0.25, 0.3) is 0 Å². The molecule has 0 fully saturated rings. The second-order valence-corrected chi connectivity index (χ2v) is 2.44. The van der Waals surface area contributed by atoms with Crippen molar-refractivity contribution >= 4 is 6.29 Å². The molecule has 0 atom stereocenters. The Hall–Kier alpha value is -1.22. The fourth-order valence-electron chi connectivity index (χ4n) is 0.993. The lowest BCUT2D eigenvalue weighted by Gasteiger charge is -2.00. The standard InChI is InChI=1S/C9H9FO2/c1-12-6-8-2-7(5-11)3-9(10)4-8/h2-5H,6H2,1H3. The maximum absolute atomic E-state index is 12.7. The Kier molecular flexibility index (Phi) is 2.94. The number of rotatable bonds is 3. The molecule has 0 aliphatic heterocycles. The van der Waals surface area contributed by atoms with E-state index >= 15 is 0 Å². The summed E-state index contributed by atoms with van der Waals surface area (Å²) in [7, 11) is 1.52. The fraction of sp³-hybridized carbons (Fsp3) is 0.222. The SMILES string of the molecule is COCc1cc(F)cc(C=O)c1. The third kappa shape index (κ3) is 2.13. The summed E-state index contributed by atoms with van der Waals surface area (Å²) in [5, 5.41) is 0. The molecule has 0 aliphatic carbocycles. The molecule has 0 saturated carbocycles. The van der Waals surface area contributed by atoms with E-state index in [0.717, 1.165) is 0 Å². The summed E-state index contributed by atoms with van der Waals surface area (Å²) in [6, 6.07) is 4.13. The van der Waals surface area contributed by atoms with Crippen molar-refractivity contribution in [1.29, 1.82) is 0 Å². The summed E-state index contributed by atoms with van der Waals surface area (Å²) in [6.07, 6.45) is 0.613. The number of methoxy groups -OCH3 is 1. The summed E-state index contributed by atoms with van der Waals surface area (Å²) in [6.45, 7) is 0.318. The van der Waals surface area contributed by atoms with Crippen molar-refractivity contribution in [3.05, 3.63) is 35.1 Å². The third-order valence-corrected chi connectivity index (χ3v) is 1.43. The van der Waals surface area contributed by atoms with Crippen molar-refractivity contribution in [3.8, 4) is 0 Å². The number of aldehydes is 1. The Morgan fingerprint density at radius 1 is 1.50 bits per heavy atom. The van der Waals surface area contributed by atoms with Crippen LogP contribution in [0.3, 0.4) is 0 Å². The first kappa shape index (κ1) is 8.87. The highest BCUT2D eigenvalue weighted by molar-refractivity contribution is 5.74. The van der Waals surface area contributed by atoms with Gasteiger partial charge in [0.1, 0.15) is 12.1 Å². The van der Waals surface area contributed by atoms with Gasteiger partial charge in [0.05, 0.1) is 6.61 Å². The van der Waals surface area contributed by atoms with Crippen LogP contribution >= 0.6 is 0 Å². The van der Waals surface area contributed by atoms with E-state index in [0.29, 0.717) is 24.0 Å². The van der Waals surface area contributed by atoms with Crippen LogP contribution in [0.4, 0.5) is 4.39 Å². The molecule has 1 aromatic carbocycles. The first-order valence-electron chi connectivity index (χ1n) is 3.50. The number of ether oxygens (including phenoxy) is 1. The Balaban J connectivity index is 2.97. The Bertz CT molecular complexity index is 284. The van der Waals surface area contributed by atoms with Gasteiger partial charge in [-0.2, -0.15) is 0 Å². The second kappa shape index (κ2) is 3.97. The van der Waals surface area contributed by atoms with Gasteiger partial charge in [-0.1, -0.05) is 0 Å². The zero-order valence-corrected chi connectivity index (χ0v) is 6.71. The average Bonchev–Trinajstić information content (AvgIpc) is 2.04. The van der Waals surface area contributed by atoms with Crippen molar-refractivity contribution < 1.29 is 13.9 Å². The maximum atomic E-state index is 12.7. The zero-order chi connectivity index (χ0) is 8.97. The molecule has 3 heteroatoms. The minimum absolute atomic E-state index is 0.318. The van der Waals surface area contributed by atoms with E-state index in [-0.39, 0.29) is 0 Å². The lowest BCUT2D eigenvalue weighted by molar-refractivity contribution is 0.112.